The fourth-order valence-corrected chi connectivity index (χ4v) is 8.82. The number of carbonyl (C=O) groups is 3. The van der Waals surface area contributed by atoms with Gasteiger partial charge in [0.2, 0.25) is 0 Å². The third-order valence-corrected chi connectivity index (χ3v) is 12.0. The molecule has 2 saturated heterocycles. The first kappa shape index (κ1) is 38.3. The van der Waals surface area contributed by atoms with Crippen molar-refractivity contribution in [2.75, 3.05) is 26.6 Å². The first-order valence-electron chi connectivity index (χ1n) is 18.2. The van der Waals surface area contributed by atoms with Crippen molar-refractivity contribution < 1.29 is 18.8 Å². The van der Waals surface area contributed by atoms with E-state index in [1.165, 1.54) is 29.6 Å². The number of aryl methyl sites for hydroxylation is 3. The molecule has 0 bridgehead atoms. The summed E-state index contributed by atoms with van der Waals surface area (Å²) in [5.74, 6) is -1.30. The lowest BCUT2D eigenvalue weighted by atomic mass is 9.75. The van der Waals surface area contributed by atoms with E-state index in [9.17, 15) is 18.8 Å². The standard InChI is InChI=1S/C22H19FN4O2S.C21H19N3OS/c1-13-11-14(6-8-18(13)24-2)26-20(29)22(9-4-10-22)27(21(26)30)15-5-7-16(17(23)12-15)19(28)25-3;1-14-5-7-16(8-6-14)24-20(26)23(19(25)21(24)11-4-12-21)17-9-10-18(22-3)15(2)13-17/h5-8,11-12H,4,9-10H2,1,3H3,(H,25,28);5-10,13H,4,11-12H2,1-2H3. The van der Waals surface area contributed by atoms with Crippen LogP contribution in [0.25, 0.3) is 9.69 Å². The van der Waals surface area contributed by atoms with Crippen molar-refractivity contribution in [3.05, 3.63) is 130 Å². The number of nitrogens with zero attached hydrogens (tertiary/aromatic N) is 6. The molecule has 4 aromatic rings. The van der Waals surface area contributed by atoms with Gasteiger partial charge in [0.25, 0.3) is 17.7 Å². The number of anilines is 4. The van der Waals surface area contributed by atoms with Crippen LogP contribution in [0.15, 0.2) is 78.9 Å². The predicted molar refractivity (Wildman–Crippen MR) is 224 cm³/mol. The van der Waals surface area contributed by atoms with E-state index in [1.54, 1.807) is 40.1 Å². The Morgan fingerprint density at radius 2 is 1.11 bits per heavy atom. The Kier molecular flexibility index (Phi) is 9.95. The van der Waals surface area contributed by atoms with Crippen LogP contribution in [0.1, 0.15) is 65.6 Å². The molecule has 3 amide bonds. The molecule has 0 unspecified atom stereocenters. The Morgan fingerprint density at radius 3 is 1.48 bits per heavy atom. The van der Waals surface area contributed by atoms with Crippen molar-refractivity contribution in [1.82, 2.24) is 5.32 Å². The highest BCUT2D eigenvalue weighted by Crippen LogP contribution is 2.49. The van der Waals surface area contributed by atoms with Crippen molar-refractivity contribution in [2.24, 2.45) is 0 Å². The van der Waals surface area contributed by atoms with E-state index in [1.807, 2.05) is 62.1 Å². The van der Waals surface area contributed by atoms with Gasteiger partial charge in [0.15, 0.2) is 21.6 Å². The van der Waals surface area contributed by atoms with Gasteiger partial charge in [0.1, 0.15) is 16.9 Å². The minimum atomic E-state index is -0.843. The Morgan fingerprint density at radius 1 is 0.679 bits per heavy atom. The summed E-state index contributed by atoms with van der Waals surface area (Å²) < 4.78 is 14.6. The van der Waals surface area contributed by atoms with Gasteiger partial charge in [-0.1, -0.05) is 29.8 Å². The minimum absolute atomic E-state index is 0.0456. The summed E-state index contributed by atoms with van der Waals surface area (Å²) in [7, 11) is 1.44. The maximum absolute atomic E-state index is 14.6. The second kappa shape index (κ2) is 14.6. The largest absolute Gasteiger partial charge is 0.355 e. The molecule has 56 heavy (non-hydrogen) atoms. The van der Waals surface area contributed by atoms with Gasteiger partial charge in [0.05, 0.1) is 18.7 Å². The summed E-state index contributed by atoms with van der Waals surface area (Å²) in [6, 6.07) is 23.0. The number of thiocarbonyl (C=S) groups is 2. The van der Waals surface area contributed by atoms with Gasteiger partial charge >= 0.3 is 0 Å². The van der Waals surface area contributed by atoms with E-state index >= 15 is 0 Å². The highest BCUT2D eigenvalue weighted by molar-refractivity contribution is 7.81. The van der Waals surface area contributed by atoms with Crippen LogP contribution < -0.4 is 24.9 Å². The topological polar surface area (TPSA) is 84.9 Å². The molecule has 2 spiro atoms. The second-order valence-electron chi connectivity index (χ2n) is 14.5. The number of hydrogen-bond acceptors (Lipinski definition) is 5. The summed E-state index contributed by atoms with van der Waals surface area (Å²) in [4.78, 5) is 52.5. The zero-order valence-corrected chi connectivity index (χ0v) is 33.0. The molecule has 8 rings (SSSR count). The van der Waals surface area contributed by atoms with E-state index < -0.39 is 22.8 Å². The Hall–Kier alpha value is -6.02. The lowest BCUT2D eigenvalue weighted by molar-refractivity contribution is -0.124. The molecule has 10 nitrogen and oxygen atoms in total. The van der Waals surface area contributed by atoms with Gasteiger partial charge in [0, 0.05) is 29.8 Å². The molecule has 0 atom stereocenters. The molecule has 4 aromatic carbocycles. The number of rotatable bonds is 5. The van der Waals surface area contributed by atoms with Gasteiger partial charge in [-0.2, -0.15) is 0 Å². The van der Waals surface area contributed by atoms with Crippen LogP contribution in [0.4, 0.5) is 38.5 Å². The van der Waals surface area contributed by atoms with Gasteiger partial charge in [-0.05, 0) is 149 Å². The summed E-state index contributed by atoms with van der Waals surface area (Å²) >= 11 is 11.4. The van der Waals surface area contributed by atoms with Crippen molar-refractivity contribution in [1.29, 1.82) is 0 Å². The molecule has 0 radical (unpaired) electrons. The van der Waals surface area contributed by atoms with Gasteiger partial charge in [-0.15, -0.1) is 0 Å². The number of nitrogens with one attached hydrogen (secondary N) is 1. The fraction of sp³-hybridized carbons (Fsp3) is 0.279. The summed E-state index contributed by atoms with van der Waals surface area (Å²) in [5, 5.41) is 3.19. The van der Waals surface area contributed by atoms with Crippen LogP contribution in [0.3, 0.4) is 0 Å². The van der Waals surface area contributed by atoms with E-state index in [4.69, 9.17) is 37.6 Å². The Balaban J connectivity index is 0.000000173. The molecular weight excluding hydrogens is 746 g/mol. The first-order valence-corrected chi connectivity index (χ1v) is 19.1. The first-order chi connectivity index (χ1) is 26.8. The van der Waals surface area contributed by atoms with Crippen LogP contribution in [0.2, 0.25) is 0 Å². The molecule has 4 aliphatic rings. The van der Waals surface area contributed by atoms with Gasteiger partial charge in [-0.25, -0.2) is 14.1 Å². The second-order valence-corrected chi connectivity index (χ2v) is 15.3. The summed E-state index contributed by atoms with van der Waals surface area (Å²) in [6.45, 7) is 20.2. The van der Waals surface area contributed by atoms with E-state index in [-0.39, 0.29) is 22.5 Å². The molecule has 2 saturated carbocycles. The quantitative estimate of drug-likeness (QED) is 0.160. The molecule has 2 aliphatic carbocycles. The molecular formula is C43H38FN7O3S2. The molecule has 2 aliphatic heterocycles. The van der Waals surface area contributed by atoms with Gasteiger partial charge in [-0.3, -0.25) is 24.2 Å². The highest BCUT2D eigenvalue weighted by Gasteiger charge is 2.60. The minimum Gasteiger partial charge on any atom is -0.355 e. The molecule has 282 valence electrons. The highest BCUT2D eigenvalue weighted by atomic mass is 32.1. The smallest absolute Gasteiger partial charge is 0.259 e. The SMILES string of the molecule is [C-]#[N+]c1ccc(N2C(=O)C3(CCC3)N(c3ccc(C(=O)NC)c(F)c3)C2=S)cc1C.[C-]#[N+]c1ccc(N2C(=O)C3(CCC3)N(c3ccc(C)cc3)C2=S)cc1C. The summed E-state index contributed by atoms with van der Waals surface area (Å²) in [6.07, 6.45) is 4.75. The number of hydrogen-bond donors (Lipinski definition) is 1. The molecule has 2 heterocycles. The molecule has 13 heteroatoms. The zero-order chi connectivity index (χ0) is 40.1. The van der Waals surface area contributed by atoms with Crippen molar-refractivity contribution in [2.45, 2.75) is 70.4 Å². The van der Waals surface area contributed by atoms with E-state index in [0.717, 1.165) is 48.2 Å². The van der Waals surface area contributed by atoms with Crippen LogP contribution in [-0.2, 0) is 9.59 Å². The lowest BCUT2D eigenvalue weighted by Gasteiger charge is -2.43. The van der Waals surface area contributed by atoms with Crippen molar-refractivity contribution >= 4 is 86.5 Å². The average Bonchev–Trinajstić information content (AvgIpc) is 3.54. The third-order valence-electron chi connectivity index (χ3n) is 11.3. The van der Waals surface area contributed by atoms with E-state index in [2.05, 4.69) is 15.0 Å². The molecule has 4 fully saturated rings. The predicted octanol–water partition coefficient (Wildman–Crippen LogP) is 9.02. The van der Waals surface area contributed by atoms with Gasteiger partial charge < -0.3 is 15.1 Å². The van der Waals surface area contributed by atoms with Crippen molar-refractivity contribution in [3.8, 4) is 0 Å². The van der Waals surface area contributed by atoms with Crippen LogP contribution >= 0.6 is 24.4 Å². The van der Waals surface area contributed by atoms with Crippen LogP contribution in [0.5, 0.6) is 0 Å². The maximum Gasteiger partial charge on any atom is 0.259 e. The molecule has 0 aromatic heterocycles. The number of halogens is 1. The molecule has 1 N–H and O–H groups in total. The van der Waals surface area contributed by atoms with Crippen LogP contribution in [0, 0.1) is 39.7 Å². The van der Waals surface area contributed by atoms with Crippen molar-refractivity contribution in [3.63, 3.8) is 0 Å². The van der Waals surface area contributed by atoms with Crippen LogP contribution in [-0.4, -0.2) is 46.1 Å². The third kappa shape index (κ3) is 5.99. The number of amides is 3. The van der Waals surface area contributed by atoms with E-state index in [0.29, 0.717) is 40.7 Å². The average molecular weight is 784 g/mol. The monoisotopic (exact) mass is 783 g/mol. The number of carbonyl (C=O) groups excluding carboxylic acids is 3. The Bertz CT molecular complexity index is 2430. The lowest BCUT2D eigenvalue weighted by Crippen LogP contribution is -2.55. The fourth-order valence-electron chi connectivity index (χ4n) is 7.88. The normalized spacial score (nSPS) is 17.6. The Labute approximate surface area is 336 Å². The zero-order valence-electron chi connectivity index (χ0n) is 31.4. The maximum atomic E-state index is 14.6. The number of benzene rings is 4. The summed E-state index contributed by atoms with van der Waals surface area (Å²) in [5.41, 5.74) is 5.15.